The third kappa shape index (κ3) is 7.22. The predicted molar refractivity (Wildman–Crippen MR) is 203 cm³/mol. The molecule has 1 aromatic heterocycles. The van der Waals surface area contributed by atoms with E-state index in [4.69, 9.17) is 19.4 Å². The van der Waals surface area contributed by atoms with E-state index in [1.165, 1.54) is 6.08 Å². The number of ether oxygens (including phenoxy) is 2. The molecule has 54 heavy (non-hydrogen) atoms. The van der Waals surface area contributed by atoms with Crippen LogP contribution in [0, 0.1) is 18.3 Å². The van der Waals surface area contributed by atoms with E-state index in [9.17, 15) is 18.0 Å². The van der Waals surface area contributed by atoms with Crippen molar-refractivity contribution < 1.29 is 27.4 Å². The lowest BCUT2D eigenvalue weighted by molar-refractivity contribution is -0.153. The fourth-order valence-electron chi connectivity index (χ4n) is 8.57. The zero-order valence-electron chi connectivity index (χ0n) is 31.3. The van der Waals surface area contributed by atoms with Crippen molar-refractivity contribution in [2.45, 2.75) is 50.8 Å². The topological polar surface area (TPSA) is 98.7 Å². The van der Waals surface area contributed by atoms with Crippen LogP contribution in [-0.4, -0.2) is 124 Å². The van der Waals surface area contributed by atoms with Gasteiger partial charge in [0.25, 0.3) is 0 Å². The van der Waals surface area contributed by atoms with Gasteiger partial charge in [0.05, 0.1) is 18.9 Å². The van der Waals surface area contributed by atoms with Crippen LogP contribution in [0.3, 0.4) is 0 Å². The van der Waals surface area contributed by atoms with Crippen molar-refractivity contribution in [1.82, 2.24) is 25.2 Å². The number of halogens is 3. The maximum Gasteiger partial charge on any atom is 0.422 e. The molecule has 4 saturated heterocycles. The molecule has 1 spiro atoms. The van der Waals surface area contributed by atoms with Crippen LogP contribution in [0.15, 0.2) is 42.0 Å². The number of carbonyl (C=O) groups is 1. The minimum atomic E-state index is -4.56. The van der Waals surface area contributed by atoms with Gasteiger partial charge in [-0.25, -0.2) is 4.98 Å². The summed E-state index contributed by atoms with van der Waals surface area (Å²) >= 11 is 0. The lowest BCUT2D eigenvalue weighted by Gasteiger charge is -2.54. The van der Waals surface area contributed by atoms with Crippen LogP contribution in [0.5, 0.6) is 5.75 Å². The lowest BCUT2D eigenvalue weighted by Crippen LogP contribution is -2.61. The van der Waals surface area contributed by atoms with Crippen molar-refractivity contribution >= 4 is 34.8 Å². The third-order valence-corrected chi connectivity index (χ3v) is 11.7. The highest BCUT2D eigenvalue weighted by molar-refractivity contribution is 6.04. The molecule has 5 aliphatic rings. The molecule has 14 heteroatoms. The zero-order chi connectivity index (χ0) is 37.8. The normalized spacial score (nSPS) is 20.7. The summed E-state index contributed by atoms with van der Waals surface area (Å²) in [6, 6.07) is 7.93. The van der Waals surface area contributed by atoms with Gasteiger partial charge < -0.3 is 34.5 Å². The highest BCUT2D eigenvalue weighted by atomic mass is 19.4. The Morgan fingerprint density at radius 3 is 2.48 bits per heavy atom. The van der Waals surface area contributed by atoms with Crippen molar-refractivity contribution in [1.29, 1.82) is 0 Å². The van der Waals surface area contributed by atoms with Crippen LogP contribution in [0.1, 0.15) is 48.3 Å². The first-order valence-corrected chi connectivity index (χ1v) is 19.0. The number of amides is 1. The van der Waals surface area contributed by atoms with E-state index < -0.39 is 12.8 Å². The van der Waals surface area contributed by atoms with E-state index in [1.807, 2.05) is 30.0 Å². The molecule has 1 saturated carbocycles. The highest BCUT2D eigenvalue weighted by Crippen LogP contribution is 2.53. The maximum absolute atomic E-state index is 14.1. The summed E-state index contributed by atoms with van der Waals surface area (Å²) in [6.07, 6.45) is 2.36. The molecule has 288 valence electrons. The SMILES string of the molecule is C=CC(=O)N1CC2(CCN(c3nc(N4CC(COC5CN(C)C5)C4)nc4c(OCC(F)(F)F)c(-c5c(C)cccc5/C=N\NC)c(C5CC5)cc34)CC2)C1. The van der Waals surface area contributed by atoms with Crippen LogP contribution in [0.4, 0.5) is 24.9 Å². The second kappa shape index (κ2) is 14.3. The number of rotatable bonds is 12. The standard InChI is InChI=1S/C40H49F3N8O3/c1-5-32(52)51-22-39(23-51)11-13-49(14-12-39)37-31-15-30(27-9-10-27)34(33-25(2)7-6-8-28(33)16-45-44-3)36(54-24-40(41,42)43)35(31)46-38(47-37)50-17-26(18-50)21-53-29-19-48(4)20-29/h5-8,15-16,26-27,29,44H,1,9-14,17-24H2,2-4H3/b45-16-. The zero-order valence-corrected chi connectivity index (χ0v) is 31.3. The molecule has 5 heterocycles. The predicted octanol–water partition coefficient (Wildman–Crippen LogP) is 5.36. The summed E-state index contributed by atoms with van der Waals surface area (Å²) < 4.78 is 54.4. The molecule has 0 bridgehead atoms. The largest absolute Gasteiger partial charge is 0.481 e. The Bertz CT molecular complexity index is 1940. The molecule has 0 radical (unpaired) electrons. The molecule has 2 aromatic carbocycles. The van der Waals surface area contributed by atoms with E-state index in [2.05, 4.69) is 44.9 Å². The Kier molecular flexibility index (Phi) is 9.70. The second-order valence-electron chi connectivity index (χ2n) is 15.9. The van der Waals surface area contributed by atoms with Crippen LogP contribution >= 0.6 is 0 Å². The fraction of sp³-hybridized carbons (Fsp3) is 0.550. The minimum absolute atomic E-state index is 0.0448. The van der Waals surface area contributed by atoms with E-state index in [-0.39, 0.29) is 29.1 Å². The molecule has 0 atom stereocenters. The van der Waals surface area contributed by atoms with Gasteiger partial charge in [-0.15, -0.1) is 0 Å². The van der Waals surface area contributed by atoms with E-state index in [1.54, 1.807) is 13.3 Å². The second-order valence-corrected chi connectivity index (χ2v) is 15.9. The fourth-order valence-corrected chi connectivity index (χ4v) is 8.57. The van der Waals surface area contributed by atoms with Crippen LogP contribution in [0.25, 0.3) is 22.0 Å². The van der Waals surface area contributed by atoms with Crippen molar-refractivity contribution in [3.8, 4) is 16.9 Å². The van der Waals surface area contributed by atoms with Gasteiger partial charge in [-0.1, -0.05) is 24.8 Å². The molecule has 5 fully saturated rings. The molecule has 8 rings (SSSR count). The van der Waals surface area contributed by atoms with Gasteiger partial charge in [0.1, 0.15) is 11.3 Å². The summed E-state index contributed by atoms with van der Waals surface area (Å²) in [4.78, 5) is 31.0. The number of aromatic nitrogens is 2. The summed E-state index contributed by atoms with van der Waals surface area (Å²) in [5.41, 5.74) is 7.26. The Hall–Kier alpha value is -4.43. The number of hydrogen-bond acceptors (Lipinski definition) is 10. The molecule has 1 amide bonds. The van der Waals surface area contributed by atoms with Crippen LogP contribution in [0.2, 0.25) is 0 Å². The monoisotopic (exact) mass is 746 g/mol. The van der Waals surface area contributed by atoms with Gasteiger partial charge in [0.15, 0.2) is 12.4 Å². The van der Waals surface area contributed by atoms with Crippen LogP contribution in [-0.2, 0) is 9.53 Å². The number of likely N-dealkylation sites (tertiary alicyclic amines) is 2. The number of benzene rings is 2. The Morgan fingerprint density at radius 1 is 1.09 bits per heavy atom. The molecular formula is C40H49F3N8O3. The number of carbonyl (C=O) groups excluding carboxylic acids is 1. The van der Waals surface area contributed by atoms with E-state index in [0.29, 0.717) is 80.0 Å². The van der Waals surface area contributed by atoms with Gasteiger partial charge >= 0.3 is 6.18 Å². The van der Waals surface area contributed by atoms with Gasteiger partial charge in [-0.3, -0.25) is 4.79 Å². The number of fused-ring (bicyclic) bond motifs is 1. The average molecular weight is 747 g/mol. The van der Waals surface area contributed by atoms with Crippen molar-refractivity contribution in [3.63, 3.8) is 0 Å². The maximum atomic E-state index is 14.1. The average Bonchev–Trinajstić information content (AvgIpc) is 3.95. The number of alkyl halides is 3. The van der Waals surface area contributed by atoms with Gasteiger partial charge in [-0.05, 0) is 74.4 Å². The van der Waals surface area contributed by atoms with Crippen molar-refractivity contribution in [3.05, 3.63) is 53.6 Å². The Morgan fingerprint density at radius 2 is 1.83 bits per heavy atom. The number of hydrogen-bond donors (Lipinski definition) is 1. The summed E-state index contributed by atoms with van der Waals surface area (Å²) in [6.45, 7) is 10.9. The molecule has 0 unspecified atom stereocenters. The summed E-state index contributed by atoms with van der Waals surface area (Å²) in [5.74, 6) is 1.75. The van der Waals surface area contributed by atoms with Crippen molar-refractivity contribution in [2.24, 2.45) is 16.4 Å². The van der Waals surface area contributed by atoms with Gasteiger partial charge in [-0.2, -0.15) is 23.3 Å². The molecule has 4 aliphatic heterocycles. The number of anilines is 2. The minimum Gasteiger partial charge on any atom is -0.481 e. The number of nitrogens with zero attached hydrogens (tertiary/aromatic N) is 7. The van der Waals surface area contributed by atoms with E-state index >= 15 is 0 Å². The van der Waals surface area contributed by atoms with Crippen LogP contribution < -0.4 is 20.0 Å². The number of nitrogens with one attached hydrogen (secondary N) is 1. The first kappa shape index (κ1) is 36.5. The Labute approximate surface area is 314 Å². The number of piperidine rings is 1. The number of likely N-dealkylation sites (N-methyl/N-ethyl adjacent to an activating group) is 1. The Balaban J connectivity index is 1.23. The van der Waals surface area contributed by atoms with Gasteiger partial charge in [0.2, 0.25) is 11.9 Å². The smallest absolute Gasteiger partial charge is 0.422 e. The van der Waals surface area contributed by atoms with Gasteiger partial charge in [0, 0.05) is 87.3 Å². The first-order valence-electron chi connectivity index (χ1n) is 19.0. The van der Waals surface area contributed by atoms with Crippen molar-refractivity contribution in [2.75, 3.05) is 89.5 Å². The quantitative estimate of drug-likeness (QED) is 0.149. The number of aryl methyl sites for hydroxylation is 1. The highest BCUT2D eigenvalue weighted by Gasteiger charge is 2.47. The summed E-state index contributed by atoms with van der Waals surface area (Å²) in [5, 5.41) is 4.98. The molecule has 11 nitrogen and oxygen atoms in total. The lowest BCUT2D eigenvalue weighted by atomic mass is 9.72. The third-order valence-electron chi connectivity index (χ3n) is 11.7. The molecule has 1 N–H and O–H groups in total. The van der Waals surface area contributed by atoms with E-state index in [0.717, 1.165) is 61.0 Å². The molecule has 1 aliphatic carbocycles. The first-order chi connectivity index (χ1) is 25.9. The molecule has 3 aromatic rings. The summed E-state index contributed by atoms with van der Waals surface area (Å²) in [7, 11) is 3.78. The number of hydrazone groups is 1. The molecular weight excluding hydrogens is 697 g/mol.